The number of carbonyl (C=O) groups excluding carboxylic acids is 2. The van der Waals surface area contributed by atoms with Crippen molar-refractivity contribution >= 4 is 17.9 Å². The maximum atomic E-state index is 12.1. The second-order valence-electron chi connectivity index (χ2n) is 4.59. The molecule has 0 aromatic heterocycles. The van der Waals surface area contributed by atoms with E-state index in [-0.39, 0.29) is 18.4 Å². The lowest BCUT2D eigenvalue weighted by molar-refractivity contribution is -0.127. The molecule has 5 nitrogen and oxygen atoms in total. The lowest BCUT2D eigenvalue weighted by Gasteiger charge is -2.19. The number of ether oxygens (including phenoxy) is 1. The number of rotatable bonds is 4. The minimum atomic E-state index is -0.569. The molecular formula is C15H18N2O3. The normalized spacial score (nSPS) is 14.4. The smallest absolute Gasteiger partial charge is 0.251 e. The monoisotopic (exact) mass is 274 g/mol. The Labute approximate surface area is 118 Å². The molecule has 1 aliphatic heterocycles. The van der Waals surface area contributed by atoms with Gasteiger partial charge in [-0.05, 0) is 26.0 Å². The number of hydrogen-bond donors (Lipinski definition) is 2. The highest BCUT2D eigenvalue weighted by Gasteiger charge is 2.20. The van der Waals surface area contributed by atoms with Crippen LogP contribution >= 0.6 is 0 Å². The van der Waals surface area contributed by atoms with E-state index in [4.69, 9.17) is 4.74 Å². The second-order valence-corrected chi connectivity index (χ2v) is 4.59. The van der Waals surface area contributed by atoms with Gasteiger partial charge in [0.1, 0.15) is 18.4 Å². The van der Waals surface area contributed by atoms with Crippen LogP contribution in [-0.2, 0) is 9.59 Å². The van der Waals surface area contributed by atoms with Crippen LogP contribution in [0.2, 0.25) is 0 Å². The van der Waals surface area contributed by atoms with Gasteiger partial charge in [0.25, 0.3) is 5.91 Å². The molecule has 0 aliphatic carbocycles. The number of nitrogens with one attached hydrogen (secondary N) is 2. The van der Waals surface area contributed by atoms with Gasteiger partial charge in [-0.3, -0.25) is 9.59 Å². The summed E-state index contributed by atoms with van der Waals surface area (Å²) in [5, 5.41) is 5.33. The molecule has 1 aliphatic rings. The molecule has 2 amide bonds. The standard InChI is InChI=1S/C15H18N2O3/c1-3-16-14(18)10(2)17-15(19)12-8-11-6-4-5-7-13(11)20-9-12/h4-8,10H,3,9H2,1-2H3,(H,16,18)(H,17,19). The molecule has 2 rings (SSSR count). The molecule has 0 spiro atoms. The summed E-state index contributed by atoms with van der Waals surface area (Å²) in [7, 11) is 0. The van der Waals surface area contributed by atoms with Crippen molar-refractivity contribution in [1.82, 2.24) is 10.6 Å². The van der Waals surface area contributed by atoms with Crippen LogP contribution in [0.5, 0.6) is 5.75 Å². The van der Waals surface area contributed by atoms with Crippen molar-refractivity contribution in [3.05, 3.63) is 35.4 Å². The van der Waals surface area contributed by atoms with Crippen LogP contribution in [0.3, 0.4) is 0 Å². The van der Waals surface area contributed by atoms with Crippen LogP contribution in [-0.4, -0.2) is 31.0 Å². The molecule has 1 aromatic carbocycles. The van der Waals surface area contributed by atoms with Crippen LogP contribution in [0.25, 0.3) is 6.08 Å². The summed E-state index contributed by atoms with van der Waals surface area (Å²) in [6.07, 6.45) is 1.79. The summed E-state index contributed by atoms with van der Waals surface area (Å²) in [6, 6.07) is 6.94. The molecule has 0 bridgehead atoms. The van der Waals surface area contributed by atoms with Crippen LogP contribution in [0.1, 0.15) is 19.4 Å². The van der Waals surface area contributed by atoms with Crippen LogP contribution in [0, 0.1) is 0 Å². The fourth-order valence-corrected chi connectivity index (χ4v) is 1.93. The predicted octanol–water partition coefficient (Wildman–Crippen LogP) is 1.10. The van der Waals surface area contributed by atoms with E-state index in [1.54, 1.807) is 13.0 Å². The number of likely N-dealkylation sites (N-methyl/N-ethyl adjacent to an activating group) is 1. The van der Waals surface area contributed by atoms with Gasteiger partial charge in [0.05, 0.1) is 5.57 Å². The maximum Gasteiger partial charge on any atom is 0.251 e. The number of fused-ring (bicyclic) bond motifs is 1. The van der Waals surface area contributed by atoms with Crippen LogP contribution < -0.4 is 15.4 Å². The highest BCUT2D eigenvalue weighted by Crippen LogP contribution is 2.25. The number of hydrogen-bond acceptors (Lipinski definition) is 3. The lowest BCUT2D eigenvalue weighted by atomic mass is 10.1. The Morgan fingerprint density at radius 2 is 2.10 bits per heavy atom. The first-order valence-electron chi connectivity index (χ1n) is 6.62. The quantitative estimate of drug-likeness (QED) is 0.864. The van der Waals surface area contributed by atoms with E-state index >= 15 is 0 Å². The van der Waals surface area contributed by atoms with Gasteiger partial charge < -0.3 is 15.4 Å². The molecule has 1 unspecified atom stereocenters. The Bertz CT molecular complexity index is 552. The first-order valence-corrected chi connectivity index (χ1v) is 6.62. The zero-order valence-electron chi connectivity index (χ0n) is 11.6. The molecule has 1 heterocycles. The number of para-hydroxylation sites is 1. The molecule has 1 atom stereocenters. The van der Waals surface area contributed by atoms with Gasteiger partial charge >= 0.3 is 0 Å². The van der Waals surface area contributed by atoms with Crippen molar-refractivity contribution in [2.45, 2.75) is 19.9 Å². The van der Waals surface area contributed by atoms with E-state index in [2.05, 4.69) is 10.6 Å². The van der Waals surface area contributed by atoms with Crippen molar-refractivity contribution in [1.29, 1.82) is 0 Å². The van der Waals surface area contributed by atoms with E-state index in [1.807, 2.05) is 31.2 Å². The fraction of sp³-hybridized carbons (Fsp3) is 0.333. The first kappa shape index (κ1) is 14.1. The lowest BCUT2D eigenvalue weighted by Crippen LogP contribution is -2.45. The Morgan fingerprint density at radius 1 is 1.35 bits per heavy atom. The Balaban J connectivity index is 2.04. The molecule has 0 saturated carbocycles. The van der Waals surface area contributed by atoms with Gasteiger partial charge in [0, 0.05) is 12.1 Å². The summed E-state index contributed by atoms with van der Waals surface area (Å²) < 4.78 is 5.52. The van der Waals surface area contributed by atoms with Gasteiger partial charge in [-0.15, -0.1) is 0 Å². The summed E-state index contributed by atoms with van der Waals surface area (Å²) >= 11 is 0. The summed E-state index contributed by atoms with van der Waals surface area (Å²) in [5.74, 6) is 0.289. The predicted molar refractivity (Wildman–Crippen MR) is 76.2 cm³/mol. The minimum absolute atomic E-state index is 0.196. The Kier molecular flexibility index (Phi) is 4.40. The Morgan fingerprint density at radius 3 is 2.85 bits per heavy atom. The van der Waals surface area contributed by atoms with Crippen LogP contribution in [0.15, 0.2) is 29.8 Å². The SMILES string of the molecule is CCNC(=O)C(C)NC(=O)C1=Cc2ccccc2OC1. The van der Waals surface area contributed by atoms with Gasteiger partial charge in [0.2, 0.25) is 5.91 Å². The zero-order valence-corrected chi connectivity index (χ0v) is 11.6. The maximum absolute atomic E-state index is 12.1. The van der Waals surface area contributed by atoms with Gasteiger partial charge in [-0.2, -0.15) is 0 Å². The van der Waals surface area contributed by atoms with Gasteiger partial charge in [-0.1, -0.05) is 18.2 Å². The zero-order chi connectivity index (χ0) is 14.5. The molecule has 0 saturated heterocycles. The second kappa shape index (κ2) is 6.23. The molecule has 2 N–H and O–H groups in total. The molecule has 0 radical (unpaired) electrons. The summed E-state index contributed by atoms with van der Waals surface area (Å²) in [5.41, 5.74) is 1.38. The summed E-state index contributed by atoms with van der Waals surface area (Å²) in [4.78, 5) is 23.7. The van der Waals surface area contributed by atoms with Gasteiger partial charge in [-0.25, -0.2) is 0 Å². The minimum Gasteiger partial charge on any atom is -0.488 e. The van der Waals surface area contributed by atoms with Crippen LogP contribution in [0.4, 0.5) is 0 Å². The molecule has 20 heavy (non-hydrogen) atoms. The highest BCUT2D eigenvalue weighted by molar-refractivity contribution is 6.01. The van der Waals surface area contributed by atoms with Crippen molar-refractivity contribution < 1.29 is 14.3 Å². The number of amides is 2. The number of benzene rings is 1. The van der Waals surface area contributed by atoms with E-state index in [0.717, 1.165) is 11.3 Å². The van der Waals surface area contributed by atoms with E-state index < -0.39 is 6.04 Å². The third kappa shape index (κ3) is 3.17. The van der Waals surface area contributed by atoms with Crippen molar-refractivity contribution in [3.8, 4) is 5.75 Å². The van der Waals surface area contributed by atoms with E-state index in [0.29, 0.717) is 12.1 Å². The van der Waals surface area contributed by atoms with Crippen molar-refractivity contribution in [2.24, 2.45) is 0 Å². The van der Waals surface area contributed by atoms with E-state index in [1.165, 1.54) is 0 Å². The van der Waals surface area contributed by atoms with Gasteiger partial charge in [0.15, 0.2) is 0 Å². The molecule has 5 heteroatoms. The molecule has 106 valence electrons. The molecule has 1 aromatic rings. The first-order chi connectivity index (χ1) is 9.61. The largest absolute Gasteiger partial charge is 0.488 e. The highest BCUT2D eigenvalue weighted by atomic mass is 16.5. The van der Waals surface area contributed by atoms with Crippen molar-refractivity contribution in [3.63, 3.8) is 0 Å². The van der Waals surface area contributed by atoms with E-state index in [9.17, 15) is 9.59 Å². The third-order valence-electron chi connectivity index (χ3n) is 3.02. The fourth-order valence-electron chi connectivity index (χ4n) is 1.93. The average molecular weight is 274 g/mol. The molecular weight excluding hydrogens is 256 g/mol. The average Bonchev–Trinajstić information content (AvgIpc) is 2.46. The topological polar surface area (TPSA) is 67.4 Å². The summed E-state index contributed by atoms with van der Waals surface area (Å²) in [6.45, 7) is 4.24. The number of carbonyl (C=O) groups is 2. The third-order valence-corrected chi connectivity index (χ3v) is 3.02. The molecule has 0 fully saturated rings. The van der Waals surface area contributed by atoms with Crippen molar-refractivity contribution in [2.75, 3.05) is 13.2 Å². The Hall–Kier alpha value is -2.30.